The molecule has 0 atom stereocenters. The van der Waals surface area contributed by atoms with Gasteiger partial charge in [-0.05, 0) is 49.5 Å². The van der Waals surface area contributed by atoms with Crippen molar-refractivity contribution in [2.45, 2.75) is 23.8 Å². The number of thioether (sulfide) groups is 1. The largest absolute Gasteiger partial charge is 0.497 e. The number of nitrogens with one attached hydrogen (secondary N) is 3. The summed E-state index contributed by atoms with van der Waals surface area (Å²) in [6.45, 7) is 1.36. The first-order valence-corrected chi connectivity index (χ1v) is 13.1. The van der Waals surface area contributed by atoms with Crippen molar-refractivity contribution in [3.63, 3.8) is 0 Å². The molecule has 0 saturated heterocycles. The van der Waals surface area contributed by atoms with Crippen molar-refractivity contribution in [3.8, 4) is 16.9 Å². The summed E-state index contributed by atoms with van der Waals surface area (Å²) in [7, 11) is 5.73. The van der Waals surface area contributed by atoms with Crippen LogP contribution < -0.4 is 15.4 Å². The third-order valence-corrected chi connectivity index (χ3v) is 5.97. The van der Waals surface area contributed by atoms with Gasteiger partial charge in [-0.15, -0.1) is 11.8 Å². The number of urea groups is 1. The fraction of sp³-hybridized carbons (Fsp3) is 0.308. The molecule has 0 unspecified atom stereocenters. The molecule has 0 spiro atoms. The second-order valence-corrected chi connectivity index (χ2v) is 9.75. The van der Waals surface area contributed by atoms with E-state index in [1.165, 1.54) is 0 Å². The number of H-pyrrole nitrogens is 1. The lowest BCUT2D eigenvalue weighted by atomic mass is 10.1. The van der Waals surface area contributed by atoms with Gasteiger partial charge in [-0.2, -0.15) is 31.4 Å². The number of aliphatic carboxylic acids is 2. The molecule has 1 heterocycles. The quantitative estimate of drug-likeness (QED) is 0.152. The van der Waals surface area contributed by atoms with E-state index in [-0.39, 0.29) is 6.03 Å². The molecule has 2 amide bonds. The Morgan fingerprint density at radius 2 is 1.59 bits per heavy atom. The summed E-state index contributed by atoms with van der Waals surface area (Å²) in [6.07, 6.45) is -6.52. The number of nitrogens with zero attached hydrogens (tertiary/aromatic N) is 2. The zero-order valence-electron chi connectivity index (χ0n) is 23.4. The van der Waals surface area contributed by atoms with Crippen LogP contribution in [0.2, 0.25) is 0 Å². The summed E-state index contributed by atoms with van der Waals surface area (Å²) in [5.74, 6) is -3.83. The van der Waals surface area contributed by atoms with E-state index in [1.807, 2.05) is 56.7 Å². The fourth-order valence-electron chi connectivity index (χ4n) is 2.80. The molecule has 3 rings (SSSR count). The topological polar surface area (TPSA) is 157 Å². The van der Waals surface area contributed by atoms with E-state index in [4.69, 9.17) is 24.5 Å². The van der Waals surface area contributed by atoms with E-state index in [0.717, 1.165) is 45.3 Å². The van der Waals surface area contributed by atoms with Gasteiger partial charge < -0.3 is 30.5 Å². The standard InChI is InChI=1S/C22H27N5O2S.2C2HF3O2/c1-27(2)9-10-30-21-12-17(18-14-24-25-15-18)7-8-20(21)26-22(28)23-13-16-5-4-6-19(11-16)29-3;2*3-2(4,5)1(6)7/h4-8,11-12,14-15H,9-10,13H2,1-3H3,(H,24,25)(H2,23,26,28);2*(H,6,7). The zero-order chi connectivity index (χ0) is 33.5. The molecule has 0 aliphatic carbocycles. The van der Waals surface area contributed by atoms with Crippen LogP contribution in [0.3, 0.4) is 0 Å². The molecule has 0 bridgehead atoms. The van der Waals surface area contributed by atoms with Crippen LogP contribution in [0.4, 0.5) is 36.8 Å². The number of aromatic nitrogens is 2. The minimum atomic E-state index is -5.08. The number of halogens is 6. The Hall–Kier alpha value is -4.45. The highest BCUT2D eigenvalue weighted by Gasteiger charge is 2.38. The maximum absolute atomic E-state index is 12.5. The third-order valence-electron chi connectivity index (χ3n) is 4.93. The van der Waals surface area contributed by atoms with Crippen LogP contribution in [0, 0.1) is 0 Å². The predicted octanol–water partition coefficient (Wildman–Crippen LogP) is 5.33. The number of carboxylic acids is 2. The number of aromatic amines is 1. The van der Waals surface area contributed by atoms with Crippen LogP contribution >= 0.6 is 11.8 Å². The smallest absolute Gasteiger partial charge is 0.490 e. The van der Waals surface area contributed by atoms with Crippen molar-refractivity contribution in [2.75, 3.05) is 38.8 Å². The van der Waals surface area contributed by atoms with Gasteiger partial charge in [-0.3, -0.25) is 5.10 Å². The Labute approximate surface area is 251 Å². The van der Waals surface area contributed by atoms with Gasteiger partial charge >= 0.3 is 30.3 Å². The number of ether oxygens (including phenoxy) is 1. The van der Waals surface area contributed by atoms with E-state index in [0.29, 0.717) is 6.54 Å². The second kappa shape index (κ2) is 17.6. The van der Waals surface area contributed by atoms with Crippen molar-refractivity contribution in [1.29, 1.82) is 0 Å². The van der Waals surface area contributed by atoms with Crippen LogP contribution in [0.5, 0.6) is 5.75 Å². The van der Waals surface area contributed by atoms with E-state index in [2.05, 4.69) is 31.8 Å². The Kier molecular flexibility index (Phi) is 15.0. The lowest BCUT2D eigenvalue weighted by molar-refractivity contribution is -0.193. The number of carboxylic acid groups (broad SMARTS) is 2. The molecule has 44 heavy (non-hydrogen) atoms. The van der Waals surface area contributed by atoms with Crippen LogP contribution in [0.15, 0.2) is 59.8 Å². The number of carbonyl (C=O) groups excluding carboxylic acids is 1. The molecular weight excluding hydrogens is 624 g/mol. The normalized spacial score (nSPS) is 11.0. The van der Waals surface area contributed by atoms with Gasteiger partial charge in [0.2, 0.25) is 0 Å². The van der Waals surface area contributed by atoms with Crippen LogP contribution in [0.1, 0.15) is 5.56 Å². The molecular formula is C26H29F6N5O6S. The van der Waals surface area contributed by atoms with Gasteiger partial charge in [0.25, 0.3) is 0 Å². The number of amides is 2. The lowest BCUT2D eigenvalue weighted by Gasteiger charge is -2.15. The van der Waals surface area contributed by atoms with Crippen LogP contribution in [-0.2, 0) is 16.1 Å². The SMILES string of the molecule is COc1cccc(CNC(=O)Nc2ccc(-c3cn[nH]c3)cc2SCCN(C)C)c1.O=C(O)C(F)(F)F.O=C(O)C(F)(F)F. The van der Waals surface area contributed by atoms with E-state index in [1.54, 1.807) is 25.1 Å². The average Bonchev–Trinajstić information content (AvgIpc) is 3.47. The summed E-state index contributed by atoms with van der Waals surface area (Å²) in [5.41, 5.74) is 3.83. The monoisotopic (exact) mass is 653 g/mol. The first kappa shape index (κ1) is 37.6. The van der Waals surface area contributed by atoms with Gasteiger partial charge in [0, 0.05) is 35.5 Å². The number of hydrogen-bond acceptors (Lipinski definition) is 7. The summed E-state index contributed by atoms with van der Waals surface area (Å²) < 4.78 is 68.7. The van der Waals surface area contributed by atoms with Gasteiger partial charge in [0.05, 0.1) is 19.0 Å². The van der Waals surface area contributed by atoms with Gasteiger partial charge in [0.15, 0.2) is 0 Å². The highest BCUT2D eigenvalue weighted by molar-refractivity contribution is 7.99. The average molecular weight is 654 g/mol. The molecule has 0 fully saturated rings. The van der Waals surface area contributed by atoms with Gasteiger partial charge in [-0.25, -0.2) is 14.4 Å². The maximum atomic E-state index is 12.5. The summed E-state index contributed by atoms with van der Waals surface area (Å²) >= 11 is 1.72. The highest BCUT2D eigenvalue weighted by atomic mass is 32.2. The number of alkyl halides is 6. The van der Waals surface area contributed by atoms with Crippen LogP contribution in [0.25, 0.3) is 11.1 Å². The van der Waals surface area contributed by atoms with Crippen LogP contribution in [-0.4, -0.2) is 89.1 Å². The maximum Gasteiger partial charge on any atom is 0.490 e. The van der Waals surface area contributed by atoms with E-state index in [9.17, 15) is 31.1 Å². The molecule has 11 nitrogen and oxygen atoms in total. The molecule has 0 radical (unpaired) electrons. The summed E-state index contributed by atoms with van der Waals surface area (Å²) in [5, 5.41) is 27.0. The van der Waals surface area contributed by atoms with Crippen molar-refractivity contribution in [1.82, 2.24) is 20.4 Å². The number of carbonyl (C=O) groups is 3. The van der Waals surface area contributed by atoms with Crippen molar-refractivity contribution < 1.29 is 55.7 Å². The van der Waals surface area contributed by atoms with Gasteiger partial charge in [0.1, 0.15) is 5.75 Å². The third kappa shape index (κ3) is 14.6. The molecule has 1 aromatic heterocycles. The molecule has 18 heteroatoms. The van der Waals surface area contributed by atoms with E-state index >= 15 is 0 Å². The fourth-order valence-corrected chi connectivity index (χ4v) is 3.96. The number of hydrogen-bond donors (Lipinski definition) is 5. The molecule has 0 aliphatic heterocycles. The Morgan fingerprint density at radius 1 is 0.977 bits per heavy atom. The molecule has 2 aromatic carbocycles. The minimum absolute atomic E-state index is 0.247. The lowest BCUT2D eigenvalue weighted by Crippen LogP contribution is -2.28. The predicted molar refractivity (Wildman–Crippen MR) is 150 cm³/mol. The van der Waals surface area contributed by atoms with Crippen molar-refractivity contribution >= 4 is 35.4 Å². The van der Waals surface area contributed by atoms with Crippen molar-refractivity contribution in [3.05, 3.63) is 60.4 Å². The highest BCUT2D eigenvalue weighted by Crippen LogP contribution is 2.32. The molecule has 242 valence electrons. The number of benzene rings is 2. The summed E-state index contributed by atoms with van der Waals surface area (Å²) in [4.78, 5) is 33.5. The Bertz CT molecular complexity index is 1330. The van der Waals surface area contributed by atoms with Gasteiger partial charge in [-0.1, -0.05) is 18.2 Å². The first-order chi connectivity index (χ1) is 20.4. The number of rotatable bonds is 9. The van der Waals surface area contributed by atoms with E-state index < -0.39 is 24.3 Å². The summed E-state index contributed by atoms with van der Waals surface area (Å²) in [6, 6.07) is 13.4. The number of anilines is 1. The zero-order valence-corrected chi connectivity index (χ0v) is 24.2. The first-order valence-electron chi connectivity index (χ1n) is 12.1. The number of methoxy groups -OCH3 is 1. The Morgan fingerprint density at radius 3 is 2.09 bits per heavy atom. The minimum Gasteiger partial charge on any atom is -0.497 e. The molecule has 0 saturated carbocycles. The molecule has 0 aliphatic rings. The second-order valence-electron chi connectivity index (χ2n) is 8.61. The molecule has 3 aromatic rings. The van der Waals surface area contributed by atoms with Crippen molar-refractivity contribution in [2.24, 2.45) is 0 Å². The molecule has 5 N–H and O–H groups in total. The Balaban J connectivity index is 0.000000574.